The van der Waals surface area contributed by atoms with Crippen LogP contribution in [0.1, 0.15) is 26.2 Å². The third-order valence-electron chi connectivity index (χ3n) is 3.11. The summed E-state index contributed by atoms with van der Waals surface area (Å²) < 4.78 is 22.9. The maximum Gasteiger partial charge on any atom is 0.240 e. The average Bonchev–Trinajstić information content (AvgIpc) is 2.66. The third-order valence-corrected chi connectivity index (χ3v) is 4.86. The molecule has 6 heteroatoms. The Hall–Kier alpha value is -1.06. The van der Waals surface area contributed by atoms with Gasteiger partial charge in [-0.25, -0.2) is 8.42 Å². The first-order valence-corrected chi connectivity index (χ1v) is 7.93. The lowest BCUT2D eigenvalue weighted by molar-refractivity contribution is -0.133. The van der Waals surface area contributed by atoms with Gasteiger partial charge in [-0.2, -0.15) is 0 Å². The van der Waals surface area contributed by atoms with Gasteiger partial charge in [0.1, 0.15) is 0 Å². The molecule has 18 heavy (non-hydrogen) atoms. The molecule has 0 bridgehead atoms. The second-order valence-electron chi connectivity index (χ2n) is 4.62. The number of hydrogen-bond acceptors (Lipinski definition) is 4. The van der Waals surface area contributed by atoms with E-state index in [9.17, 15) is 13.2 Å². The van der Waals surface area contributed by atoms with Crippen LogP contribution >= 0.6 is 0 Å². The lowest BCUT2D eigenvalue weighted by atomic mass is 10.1. The van der Waals surface area contributed by atoms with Crippen LogP contribution in [-0.2, 0) is 14.6 Å². The summed E-state index contributed by atoms with van der Waals surface area (Å²) in [7, 11) is -3.03. The molecule has 1 saturated heterocycles. The second-order valence-corrected chi connectivity index (χ2v) is 6.85. The van der Waals surface area contributed by atoms with Gasteiger partial charge in [0.25, 0.3) is 0 Å². The number of sulfone groups is 1. The van der Waals surface area contributed by atoms with Gasteiger partial charge in [-0.05, 0) is 12.8 Å². The predicted molar refractivity (Wildman–Crippen MR) is 70.5 cm³/mol. The van der Waals surface area contributed by atoms with Crippen molar-refractivity contribution in [3.05, 3.63) is 0 Å². The van der Waals surface area contributed by atoms with Gasteiger partial charge < -0.3 is 10.6 Å². The van der Waals surface area contributed by atoms with E-state index < -0.39 is 15.9 Å². The summed E-state index contributed by atoms with van der Waals surface area (Å²) in [5.74, 6) is 2.29. The minimum Gasteiger partial charge on any atom is -0.326 e. The number of nitrogens with two attached hydrogens (primary N) is 1. The normalized spacial score (nSPS) is 23.3. The summed E-state index contributed by atoms with van der Waals surface area (Å²) >= 11 is 0. The Kier molecular flexibility index (Phi) is 5.17. The highest BCUT2D eigenvalue weighted by Gasteiger charge is 2.35. The van der Waals surface area contributed by atoms with E-state index in [-0.39, 0.29) is 30.0 Å². The first kappa shape index (κ1) is 15.0. The van der Waals surface area contributed by atoms with E-state index >= 15 is 0 Å². The highest BCUT2D eigenvalue weighted by molar-refractivity contribution is 7.91. The molecule has 1 aliphatic rings. The summed E-state index contributed by atoms with van der Waals surface area (Å²) in [4.78, 5) is 13.6. The Bertz CT molecular complexity index is 439. The number of nitrogens with zero attached hydrogens (tertiary/aromatic N) is 1. The number of amides is 1. The van der Waals surface area contributed by atoms with Crippen LogP contribution in [0.5, 0.6) is 0 Å². The molecule has 0 aromatic heterocycles. The zero-order chi connectivity index (χ0) is 13.8. The molecule has 1 amide bonds. The number of carbonyl (C=O) groups is 1. The first-order chi connectivity index (χ1) is 8.41. The molecule has 0 aromatic carbocycles. The van der Waals surface area contributed by atoms with E-state index in [1.807, 2.05) is 6.92 Å². The summed E-state index contributed by atoms with van der Waals surface area (Å²) in [6, 6.07) is -0.909. The highest BCUT2D eigenvalue weighted by Crippen LogP contribution is 2.18. The Morgan fingerprint density at radius 3 is 2.72 bits per heavy atom. The van der Waals surface area contributed by atoms with Crippen molar-refractivity contribution in [2.45, 2.75) is 38.3 Å². The molecule has 0 spiro atoms. The van der Waals surface area contributed by atoms with Crippen molar-refractivity contribution < 1.29 is 13.2 Å². The van der Waals surface area contributed by atoms with Crippen molar-refractivity contribution in [1.82, 2.24) is 4.90 Å². The van der Waals surface area contributed by atoms with Crippen LogP contribution in [0.4, 0.5) is 0 Å². The zero-order valence-corrected chi connectivity index (χ0v) is 11.4. The molecule has 1 rings (SSSR count). The molecule has 102 valence electrons. The predicted octanol–water partition coefficient (Wildman–Crippen LogP) is -0.237. The Labute approximate surface area is 109 Å². The first-order valence-electron chi connectivity index (χ1n) is 6.11. The smallest absolute Gasteiger partial charge is 0.240 e. The largest absolute Gasteiger partial charge is 0.326 e. The number of carbonyl (C=O) groups excluding carboxylic acids is 1. The maximum absolute atomic E-state index is 12.1. The van der Waals surface area contributed by atoms with Crippen molar-refractivity contribution in [2.24, 2.45) is 5.73 Å². The summed E-state index contributed by atoms with van der Waals surface area (Å²) in [5.41, 5.74) is 5.78. The van der Waals surface area contributed by atoms with Crippen molar-refractivity contribution in [3.63, 3.8) is 0 Å². The zero-order valence-electron chi connectivity index (χ0n) is 10.6. The molecule has 0 aliphatic carbocycles. The van der Waals surface area contributed by atoms with Crippen LogP contribution in [0.2, 0.25) is 0 Å². The summed E-state index contributed by atoms with van der Waals surface area (Å²) in [6.07, 6.45) is 7.08. The van der Waals surface area contributed by atoms with Crippen molar-refractivity contribution >= 4 is 15.7 Å². The third kappa shape index (κ3) is 3.72. The fourth-order valence-electron chi connectivity index (χ4n) is 2.15. The molecule has 5 nitrogen and oxygen atoms in total. The average molecular weight is 272 g/mol. The van der Waals surface area contributed by atoms with Gasteiger partial charge >= 0.3 is 0 Å². The van der Waals surface area contributed by atoms with Crippen LogP contribution in [0.15, 0.2) is 0 Å². The molecule has 1 aliphatic heterocycles. The van der Waals surface area contributed by atoms with Gasteiger partial charge in [0.05, 0.1) is 24.1 Å². The van der Waals surface area contributed by atoms with Crippen molar-refractivity contribution in [2.75, 3.05) is 18.1 Å². The standard InChI is InChI=1S/C12H20N2O3S/c1-3-5-11(13)12(15)14(7-4-2)10-6-8-18(16,17)9-10/h2,10-11H,3,5-9,13H2,1H3/t10?,11-/m0/s1. The van der Waals surface area contributed by atoms with Gasteiger partial charge in [-0.1, -0.05) is 19.3 Å². The molecule has 2 N–H and O–H groups in total. The second kappa shape index (κ2) is 6.21. The van der Waals surface area contributed by atoms with Gasteiger partial charge in [0.15, 0.2) is 9.84 Å². The van der Waals surface area contributed by atoms with Crippen LogP contribution in [0.25, 0.3) is 0 Å². The van der Waals surface area contributed by atoms with E-state index in [1.165, 1.54) is 4.90 Å². The molecular formula is C12H20N2O3S. The Morgan fingerprint density at radius 1 is 1.61 bits per heavy atom. The van der Waals surface area contributed by atoms with Gasteiger partial charge in [-0.15, -0.1) is 6.42 Å². The molecule has 0 aromatic rings. The molecule has 0 radical (unpaired) electrons. The Morgan fingerprint density at radius 2 is 2.28 bits per heavy atom. The Balaban J connectivity index is 2.77. The molecule has 1 heterocycles. The summed E-state index contributed by atoms with van der Waals surface area (Å²) in [5, 5.41) is 0. The minimum absolute atomic E-state index is 0.000729. The molecule has 1 unspecified atom stereocenters. The highest BCUT2D eigenvalue weighted by atomic mass is 32.2. The van der Waals surface area contributed by atoms with Gasteiger partial charge in [0.2, 0.25) is 5.91 Å². The van der Waals surface area contributed by atoms with E-state index in [0.29, 0.717) is 12.8 Å². The van der Waals surface area contributed by atoms with Crippen molar-refractivity contribution in [3.8, 4) is 12.3 Å². The molecule has 2 atom stereocenters. The maximum atomic E-state index is 12.1. The fourth-order valence-corrected chi connectivity index (χ4v) is 3.88. The fraction of sp³-hybridized carbons (Fsp3) is 0.750. The lowest BCUT2D eigenvalue weighted by Crippen LogP contribution is -2.49. The van der Waals surface area contributed by atoms with Crippen LogP contribution in [-0.4, -0.2) is 49.4 Å². The summed E-state index contributed by atoms with van der Waals surface area (Å²) in [6.45, 7) is 2.06. The topological polar surface area (TPSA) is 80.5 Å². The number of hydrogen-bond donors (Lipinski definition) is 1. The minimum atomic E-state index is -3.03. The van der Waals surface area contributed by atoms with Crippen molar-refractivity contribution in [1.29, 1.82) is 0 Å². The quantitative estimate of drug-likeness (QED) is 0.701. The lowest BCUT2D eigenvalue weighted by Gasteiger charge is -2.28. The monoisotopic (exact) mass is 272 g/mol. The van der Waals surface area contributed by atoms with E-state index in [0.717, 1.165) is 6.42 Å². The van der Waals surface area contributed by atoms with E-state index in [1.54, 1.807) is 0 Å². The van der Waals surface area contributed by atoms with E-state index in [2.05, 4.69) is 5.92 Å². The van der Waals surface area contributed by atoms with Crippen LogP contribution in [0, 0.1) is 12.3 Å². The SMILES string of the molecule is C#CCN(C(=O)[C@@H](N)CCC)C1CCS(=O)(=O)C1. The number of terminal acetylenes is 1. The van der Waals surface area contributed by atoms with Gasteiger partial charge in [0, 0.05) is 6.04 Å². The molecule has 0 saturated carbocycles. The van der Waals surface area contributed by atoms with Crippen LogP contribution < -0.4 is 5.73 Å². The van der Waals surface area contributed by atoms with E-state index in [4.69, 9.17) is 12.2 Å². The van der Waals surface area contributed by atoms with Crippen LogP contribution in [0.3, 0.4) is 0 Å². The van der Waals surface area contributed by atoms with Gasteiger partial charge in [-0.3, -0.25) is 4.79 Å². The number of rotatable bonds is 5. The molecule has 1 fully saturated rings. The molecular weight excluding hydrogens is 252 g/mol.